The van der Waals surface area contributed by atoms with Gasteiger partial charge in [0, 0.05) is 42.6 Å². The molecule has 0 spiro atoms. The van der Waals surface area contributed by atoms with Gasteiger partial charge in [0.05, 0.1) is 18.1 Å². The Hall–Kier alpha value is -6.42. The highest BCUT2D eigenvalue weighted by atomic mass is 16.2. The molecule has 3 aromatic rings. The van der Waals surface area contributed by atoms with Crippen molar-refractivity contribution < 1.29 is 38.4 Å². The highest BCUT2D eigenvalue weighted by molar-refractivity contribution is 6.00. The molecule has 3 aromatic carbocycles. The lowest BCUT2D eigenvalue weighted by Crippen LogP contribution is -2.58. The zero-order valence-electron chi connectivity index (χ0n) is 50.4. The predicted molar refractivity (Wildman–Crippen MR) is 324 cm³/mol. The lowest BCUT2D eigenvalue weighted by molar-refractivity contribution is -0.143. The number of nitrogens with one attached hydrogen (secondary N) is 6. The molecule has 2 saturated heterocycles. The molecule has 0 radical (unpaired) electrons. The van der Waals surface area contributed by atoms with Crippen LogP contribution in [0, 0.1) is 23.7 Å². The van der Waals surface area contributed by atoms with Gasteiger partial charge >= 0.3 is 0 Å². The molecule has 4 fully saturated rings. The van der Waals surface area contributed by atoms with E-state index >= 15 is 9.59 Å². The Morgan fingerprint density at radius 3 is 1.61 bits per heavy atom. The quantitative estimate of drug-likeness (QED) is 0.0500. The Bertz CT molecular complexity index is 2610. The second-order valence-corrected chi connectivity index (χ2v) is 25.5. The normalized spacial score (nSPS) is 24.1. The van der Waals surface area contributed by atoms with E-state index in [-0.39, 0.29) is 109 Å². The van der Waals surface area contributed by atoms with E-state index in [1.165, 1.54) is 11.1 Å². The molecule has 6 N–H and O–H groups in total. The van der Waals surface area contributed by atoms with E-state index in [0.717, 1.165) is 140 Å². The van der Waals surface area contributed by atoms with Crippen molar-refractivity contribution in [2.75, 3.05) is 19.6 Å². The second-order valence-electron chi connectivity index (χ2n) is 25.5. The smallest absolute Gasteiger partial charge is 0.251 e. The van der Waals surface area contributed by atoms with Crippen molar-refractivity contribution in [2.45, 2.75) is 224 Å². The number of aryl methyl sites for hydroxylation is 2. The third kappa shape index (κ3) is 15.3. The van der Waals surface area contributed by atoms with E-state index in [9.17, 15) is 28.8 Å². The number of ketones is 1. The molecule has 0 unspecified atom stereocenters. The van der Waals surface area contributed by atoms with E-state index in [1.54, 1.807) is 41.0 Å². The van der Waals surface area contributed by atoms with Crippen LogP contribution in [0.3, 0.4) is 0 Å². The fourth-order valence-electron chi connectivity index (χ4n) is 14.5. The van der Waals surface area contributed by atoms with Crippen LogP contribution in [0.25, 0.3) is 0 Å². The molecular formula is C68H94N8O8. The molecule has 84 heavy (non-hydrogen) atoms. The Morgan fingerprint density at radius 2 is 1.06 bits per heavy atom. The van der Waals surface area contributed by atoms with Crippen LogP contribution in [0.1, 0.15) is 218 Å². The number of unbranched alkanes of at least 4 members (excludes halogenated alkanes) is 1. The first-order chi connectivity index (χ1) is 40.7. The van der Waals surface area contributed by atoms with Crippen LogP contribution in [0.4, 0.5) is 0 Å². The maximum absolute atomic E-state index is 15.1. The molecule has 7 amide bonds. The summed E-state index contributed by atoms with van der Waals surface area (Å²) in [4.78, 5) is 119. The molecule has 0 aromatic heterocycles. The minimum Gasteiger partial charge on any atom is -0.347 e. The van der Waals surface area contributed by atoms with Crippen molar-refractivity contribution in [2.24, 2.45) is 23.7 Å². The van der Waals surface area contributed by atoms with Crippen molar-refractivity contribution in [1.82, 2.24) is 41.7 Å². The van der Waals surface area contributed by atoms with Gasteiger partial charge in [-0.25, -0.2) is 0 Å². The molecule has 10 atom stereocenters. The van der Waals surface area contributed by atoms with Crippen LogP contribution in [-0.2, 0) is 41.6 Å². The van der Waals surface area contributed by atoms with E-state index in [1.807, 2.05) is 44.2 Å². The van der Waals surface area contributed by atoms with E-state index in [0.29, 0.717) is 17.7 Å². The number of amides is 7. The number of Topliss-reactive ketones (excluding diaryl/α,β-unsaturated/α-hetero) is 1. The number of nitrogens with zero attached hydrogens (tertiary/aromatic N) is 2. The third-order valence-corrected chi connectivity index (χ3v) is 19.4. The zero-order valence-corrected chi connectivity index (χ0v) is 50.4. The van der Waals surface area contributed by atoms with Crippen molar-refractivity contribution in [3.63, 3.8) is 0 Å². The minimum atomic E-state index is -0.900. The van der Waals surface area contributed by atoms with Crippen molar-refractivity contribution in [3.05, 3.63) is 106 Å². The summed E-state index contributed by atoms with van der Waals surface area (Å²) in [5.74, 6) is -2.89. The molecule has 16 nitrogen and oxygen atoms in total. The zero-order chi connectivity index (χ0) is 59.3. The molecule has 9 rings (SSSR count). The topological polar surface area (TPSA) is 215 Å². The van der Waals surface area contributed by atoms with E-state index in [2.05, 4.69) is 57.0 Å². The minimum absolute atomic E-state index is 0.0559. The first-order valence-corrected chi connectivity index (χ1v) is 32.4. The molecule has 0 bridgehead atoms. The Balaban J connectivity index is 0.898. The van der Waals surface area contributed by atoms with Gasteiger partial charge in [0.1, 0.15) is 24.2 Å². The van der Waals surface area contributed by atoms with Gasteiger partial charge in [-0.05, 0) is 156 Å². The maximum atomic E-state index is 15.1. The van der Waals surface area contributed by atoms with Crippen LogP contribution in [0.15, 0.2) is 72.8 Å². The predicted octanol–water partition coefficient (Wildman–Crippen LogP) is 8.91. The maximum Gasteiger partial charge on any atom is 0.251 e. The van der Waals surface area contributed by atoms with Gasteiger partial charge in [-0.15, -0.1) is 0 Å². The van der Waals surface area contributed by atoms with Gasteiger partial charge in [0.2, 0.25) is 35.4 Å². The Morgan fingerprint density at radius 1 is 0.548 bits per heavy atom. The van der Waals surface area contributed by atoms with Crippen molar-refractivity contribution in [1.29, 1.82) is 0 Å². The molecule has 2 aliphatic heterocycles. The van der Waals surface area contributed by atoms with E-state index < -0.39 is 42.2 Å². The van der Waals surface area contributed by atoms with E-state index in [4.69, 9.17) is 0 Å². The summed E-state index contributed by atoms with van der Waals surface area (Å²) in [7, 11) is 0. The van der Waals surface area contributed by atoms with Gasteiger partial charge in [0.15, 0.2) is 5.78 Å². The summed E-state index contributed by atoms with van der Waals surface area (Å²) < 4.78 is 0. The molecule has 6 aliphatic rings. The second kappa shape index (κ2) is 29.6. The number of carbonyl (C=O) groups excluding carboxylic acids is 8. The number of hydrogen-bond donors (Lipinski definition) is 6. The highest BCUT2D eigenvalue weighted by Crippen LogP contribution is 2.36. The monoisotopic (exact) mass is 1150 g/mol. The van der Waals surface area contributed by atoms with Gasteiger partial charge in [-0.3, -0.25) is 38.4 Å². The van der Waals surface area contributed by atoms with Crippen LogP contribution in [0.2, 0.25) is 0 Å². The Labute approximate surface area is 498 Å². The Kier molecular flexibility index (Phi) is 21.9. The average Bonchev–Trinajstić information content (AvgIpc) is 3.79. The van der Waals surface area contributed by atoms with Gasteiger partial charge in [0.25, 0.3) is 5.91 Å². The molecule has 4 aliphatic carbocycles. The van der Waals surface area contributed by atoms with Crippen molar-refractivity contribution >= 4 is 47.1 Å². The third-order valence-electron chi connectivity index (χ3n) is 19.4. The first-order valence-electron chi connectivity index (χ1n) is 32.4. The molecule has 2 heterocycles. The van der Waals surface area contributed by atoms with Crippen LogP contribution < -0.4 is 31.9 Å². The molecule has 2 saturated carbocycles. The summed E-state index contributed by atoms with van der Waals surface area (Å²) in [6.45, 7) is 8.74. The van der Waals surface area contributed by atoms with Crippen LogP contribution in [-0.4, -0.2) is 113 Å². The number of carbonyl (C=O) groups is 8. The SMILES string of the molecule is CCCC[C@@H](C)C(=O)N[C@H](C(=O)N1C[C@@H](CC(=O)c2ccc(C(=O)N[C@H]3C[C@@H](C(=O)N[C@@H]4CCCc5ccccc54)N(C(=O)[C@@H](NC(=O)[C@H](C)NCCC)C4CCCCC4)C3)cc2)C[C@H]1C(=O)N[C@@H]1CCCc2ccccc21)C1CCCCC1. The van der Waals surface area contributed by atoms with Gasteiger partial charge < -0.3 is 41.7 Å². The highest BCUT2D eigenvalue weighted by Gasteiger charge is 2.47. The molecule has 16 heteroatoms. The lowest BCUT2D eigenvalue weighted by atomic mass is 9.83. The molecule has 454 valence electrons. The average molecular weight is 1150 g/mol. The van der Waals surface area contributed by atoms with Crippen LogP contribution in [0.5, 0.6) is 0 Å². The number of benzene rings is 3. The van der Waals surface area contributed by atoms with Gasteiger partial charge in [-0.1, -0.05) is 133 Å². The standard InChI is InChI=1S/C68H94N8O8/c1-5-7-20-43(3)62(78)73-60(49-23-10-8-11-24-49)67(83)75-41-45(38-57(75)65(81)71-55-31-18-27-46-21-14-16-29-53(46)55)39-59(77)48-33-35-51(36-34-48)64(80)70-52-40-58(66(82)72-56-32-19-28-47-22-15-17-30-54(47)56)76(42-52)68(84)61(50-25-12-9-13-26-50)74-63(79)44(4)69-37-6-2/h14-17,21-22,29-30,33-36,43-45,49-50,52,55-58,60-61,69H,5-13,18-20,23-28,31-32,37-42H2,1-4H3,(H,70,80)(H,71,81)(H,72,82)(H,73,78)(H,74,79)/t43-,44+,45-,52+,55-,56-,57+,58+,60+,61+/m1/s1. The summed E-state index contributed by atoms with van der Waals surface area (Å²) in [6, 6.07) is 17.9. The lowest BCUT2D eigenvalue weighted by Gasteiger charge is -2.36. The number of likely N-dealkylation sites (tertiary alicyclic amines) is 2. The summed E-state index contributed by atoms with van der Waals surface area (Å²) >= 11 is 0. The number of rotatable bonds is 23. The number of hydrogen-bond acceptors (Lipinski definition) is 9. The summed E-state index contributed by atoms with van der Waals surface area (Å²) in [6.07, 6.45) is 18.3. The summed E-state index contributed by atoms with van der Waals surface area (Å²) in [5, 5.41) is 19.3. The van der Waals surface area contributed by atoms with Crippen LogP contribution >= 0.6 is 0 Å². The summed E-state index contributed by atoms with van der Waals surface area (Å²) in [5.41, 5.74) is 5.24. The number of fused-ring (bicyclic) bond motifs is 2. The largest absolute Gasteiger partial charge is 0.347 e. The van der Waals surface area contributed by atoms with Gasteiger partial charge in [-0.2, -0.15) is 0 Å². The fourth-order valence-corrected chi connectivity index (χ4v) is 14.5. The fraction of sp³-hybridized carbons (Fsp3) is 0.618. The van der Waals surface area contributed by atoms with Crippen molar-refractivity contribution in [3.8, 4) is 0 Å². The molecular weight excluding hydrogens is 1060 g/mol. The first kappa shape index (κ1) is 62.1.